The minimum Gasteiger partial charge on any atom is -0.369 e. The Balaban J connectivity index is 1.47. The van der Waals surface area contributed by atoms with Gasteiger partial charge >= 0.3 is 0 Å². The molecule has 0 atom stereocenters. The molecule has 0 spiro atoms. The van der Waals surface area contributed by atoms with Gasteiger partial charge < -0.3 is 10.2 Å². The van der Waals surface area contributed by atoms with Gasteiger partial charge in [0.2, 0.25) is 10.0 Å². The largest absolute Gasteiger partial charge is 0.369 e. The van der Waals surface area contributed by atoms with Gasteiger partial charge in [-0.1, -0.05) is 6.07 Å². The average molecular weight is 475 g/mol. The minimum atomic E-state index is -3.87. The van der Waals surface area contributed by atoms with Crippen LogP contribution in [-0.4, -0.2) is 44.8 Å². The summed E-state index contributed by atoms with van der Waals surface area (Å²) in [7, 11) is -3.87. The van der Waals surface area contributed by atoms with Crippen LogP contribution < -0.4 is 10.2 Å². The molecule has 3 aromatic carbocycles. The third kappa shape index (κ3) is 5.01. The molecule has 1 aliphatic heterocycles. The van der Waals surface area contributed by atoms with Crippen molar-refractivity contribution >= 4 is 27.3 Å². The molecule has 0 bridgehead atoms. The van der Waals surface area contributed by atoms with Crippen LogP contribution in [0.15, 0.2) is 71.6 Å². The zero-order valence-electron chi connectivity index (χ0n) is 17.3. The van der Waals surface area contributed by atoms with Gasteiger partial charge in [-0.3, -0.25) is 4.79 Å². The fourth-order valence-electron chi connectivity index (χ4n) is 3.57. The maximum absolute atomic E-state index is 13.8. The summed E-state index contributed by atoms with van der Waals surface area (Å²) in [6.07, 6.45) is 0. The van der Waals surface area contributed by atoms with E-state index in [2.05, 4.69) is 5.32 Å². The normalized spacial score (nSPS) is 14.8. The number of piperazine rings is 1. The molecule has 33 heavy (non-hydrogen) atoms. The lowest BCUT2D eigenvalue weighted by Gasteiger charge is -2.35. The topological polar surface area (TPSA) is 69.7 Å². The summed E-state index contributed by atoms with van der Waals surface area (Å²) in [6.45, 7) is 1.29. The van der Waals surface area contributed by atoms with Gasteiger partial charge in [0, 0.05) is 43.5 Å². The van der Waals surface area contributed by atoms with E-state index >= 15 is 0 Å². The van der Waals surface area contributed by atoms with Crippen molar-refractivity contribution in [2.75, 3.05) is 36.4 Å². The monoisotopic (exact) mass is 475 g/mol. The molecule has 6 nitrogen and oxygen atoms in total. The van der Waals surface area contributed by atoms with Crippen LogP contribution in [0.1, 0.15) is 10.4 Å². The fraction of sp³-hybridized carbons (Fsp3) is 0.174. The van der Waals surface area contributed by atoms with Crippen LogP contribution in [0.25, 0.3) is 0 Å². The fourth-order valence-corrected chi connectivity index (χ4v) is 5.04. The Morgan fingerprint density at radius 3 is 2.15 bits per heavy atom. The van der Waals surface area contributed by atoms with E-state index in [1.54, 1.807) is 12.1 Å². The number of rotatable bonds is 5. The SMILES string of the molecule is O=C(Nc1ccc(F)cc1F)c1cccc(S(=O)(=O)N2CCN(c3ccc(F)cc3)CC2)c1. The zero-order chi connectivity index (χ0) is 23.6. The van der Waals surface area contributed by atoms with Crippen LogP contribution in [0.3, 0.4) is 0 Å². The van der Waals surface area contributed by atoms with Gasteiger partial charge in [0.15, 0.2) is 0 Å². The standard InChI is InChI=1S/C23H20F3N3O3S/c24-17-4-7-19(8-5-17)28-10-12-29(13-11-28)33(31,32)20-3-1-2-16(14-20)23(30)27-22-9-6-18(25)15-21(22)26/h1-9,14-15H,10-13H2,(H,27,30). The minimum absolute atomic E-state index is 0.0183. The second-order valence-electron chi connectivity index (χ2n) is 7.47. The Morgan fingerprint density at radius 2 is 1.48 bits per heavy atom. The summed E-state index contributed by atoms with van der Waals surface area (Å²) in [5.74, 6) is -2.78. The van der Waals surface area contributed by atoms with Crippen LogP contribution >= 0.6 is 0 Å². The molecule has 1 heterocycles. The molecule has 0 aliphatic carbocycles. The van der Waals surface area contributed by atoms with Crippen LogP contribution in [0.5, 0.6) is 0 Å². The average Bonchev–Trinajstić information content (AvgIpc) is 2.81. The van der Waals surface area contributed by atoms with Crippen LogP contribution in [-0.2, 0) is 10.0 Å². The Hall–Kier alpha value is -3.37. The highest BCUT2D eigenvalue weighted by molar-refractivity contribution is 7.89. The summed E-state index contributed by atoms with van der Waals surface area (Å²) in [6, 6.07) is 14.2. The number of benzene rings is 3. The van der Waals surface area contributed by atoms with E-state index < -0.39 is 27.6 Å². The van der Waals surface area contributed by atoms with E-state index in [0.29, 0.717) is 19.2 Å². The maximum Gasteiger partial charge on any atom is 0.255 e. The molecule has 0 aromatic heterocycles. The maximum atomic E-state index is 13.8. The first kappa shape index (κ1) is 22.8. The van der Waals surface area contributed by atoms with Crippen molar-refractivity contribution in [2.24, 2.45) is 0 Å². The number of amides is 1. The second kappa shape index (κ2) is 9.24. The highest BCUT2D eigenvalue weighted by Crippen LogP contribution is 2.23. The molecule has 0 radical (unpaired) electrons. The zero-order valence-corrected chi connectivity index (χ0v) is 18.2. The lowest BCUT2D eigenvalue weighted by Crippen LogP contribution is -2.48. The van der Waals surface area contributed by atoms with E-state index in [1.807, 2.05) is 4.90 Å². The molecule has 0 saturated carbocycles. The molecule has 4 rings (SSSR count). The summed E-state index contributed by atoms with van der Waals surface area (Å²) in [4.78, 5) is 14.4. The van der Waals surface area contributed by atoms with Crippen molar-refractivity contribution in [3.05, 3.63) is 89.7 Å². The van der Waals surface area contributed by atoms with Crippen LogP contribution in [0.2, 0.25) is 0 Å². The van der Waals surface area contributed by atoms with Gasteiger partial charge in [-0.25, -0.2) is 21.6 Å². The van der Waals surface area contributed by atoms with E-state index in [0.717, 1.165) is 17.8 Å². The number of carbonyl (C=O) groups is 1. The first-order chi connectivity index (χ1) is 15.7. The van der Waals surface area contributed by atoms with Crippen molar-refractivity contribution in [1.82, 2.24) is 4.31 Å². The predicted molar refractivity (Wildman–Crippen MR) is 118 cm³/mol. The van der Waals surface area contributed by atoms with Crippen molar-refractivity contribution in [3.63, 3.8) is 0 Å². The van der Waals surface area contributed by atoms with Gasteiger partial charge in [0.25, 0.3) is 5.91 Å². The number of sulfonamides is 1. The lowest BCUT2D eigenvalue weighted by atomic mass is 10.2. The quantitative estimate of drug-likeness (QED) is 0.609. The second-order valence-corrected chi connectivity index (χ2v) is 9.41. The number of carbonyl (C=O) groups excluding carboxylic acids is 1. The molecular weight excluding hydrogens is 455 g/mol. The van der Waals surface area contributed by atoms with Crippen LogP contribution in [0, 0.1) is 17.5 Å². The number of nitrogens with zero attached hydrogens (tertiary/aromatic N) is 2. The smallest absolute Gasteiger partial charge is 0.255 e. The number of hydrogen-bond donors (Lipinski definition) is 1. The highest BCUT2D eigenvalue weighted by Gasteiger charge is 2.29. The molecule has 3 aromatic rings. The molecule has 0 unspecified atom stereocenters. The Bertz CT molecular complexity index is 1280. The first-order valence-electron chi connectivity index (χ1n) is 10.1. The summed E-state index contributed by atoms with van der Waals surface area (Å²) >= 11 is 0. The number of halogens is 3. The summed E-state index contributed by atoms with van der Waals surface area (Å²) in [5.41, 5.74) is 0.608. The van der Waals surface area contributed by atoms with E-state index in [1.165, 1.54) is 40.7 Å². The third-order valence-electron chi connectivity index (χ3n) is 5.34. The molecule has 172 valence electrons. The van der Waals surface area contributed by atoms with Gasteiger partial charge in [-0.05, 0) is 54.6 Å². The van der Waals surface area contributed by atoms with Gasteiger partial charge in [0.05, 0.1) is 10.6 Å². The Labute approximate surface area is 189 Å². The summed E-state index contributed by atoms with van der Waals surface area (Å²) in [5, 5.41) is 2.32. The molecule has 1 saturated heterocycles. The van der Waals surface area contributed by atoms with Crippen LogP contribution in [0.4, 0.5) is 24.5 Å². The molecular formula is C23H20F3N3O3S. The van der Waals surface area contributed by atoms with E-state index in [4.69, 9.17) is 0 Å². The van der Waals surface area contributed by atoms with Crippen molar-refractivity contribution < 1.29 is 26.4 Å². The number of nitrogens with one attached hydrogen (secondary N) is 1. The summed E-state index contributed by atoms with van der Waals surface area (Å²) < 4.78 is 67.6. The molecule has 1 amide bonds. The predicted octanol–water partition coefficient (Wildman–Crippen LogP) is 3.87. The Kier molecular flexibility index (Phi) is 6.39. The van der Waals surface area contributed by atoms with E-state index in [9.17, 15) is 26.4 Å². The first-order valence-corrected chi connectivity index (χ1v) is 11.6. The van der Waals surface area contributed by atoms with Gasteiger partial charge in [-0.2, -0.15) is 4.31 Å². The van der Waals surface area contributed by atoms with Crippen molar-refractivity contribution in [1.29, 1.82) is 0 Å². The molecule has 1 fully saturated rings. The Morgan fingerprint density at radius 1 is 0.818 bits per heavy atom. The number of hydrogen-bond acceptors (Lipinski definition) is 4. The van der Waals surface area contributed by atoms with Crippen molar-refractivity contribution in [3.8, 4) is 0 Å². The van der Waals surface area contributed by atoms with Crippen molar-refractivity contribution in [2.45, 2.75) is 4.90 Å². The molecule has 10 heteroatoms. The van der Waals surface area contributed by atoms with Gasteiger partial charge in [-0.15, -0.1) is 0 Å². The number of anilines is 2. The van der Waals surface area contributed by atoms with Gasteiger partial charge in [0.1, 0.15) is 17.5 Å². The highest BCUT2D eigenvalue weighted by atomic mass is 32.2. The molecule has 1 N–H and O–H groups in total. The lowest BCUT2D eigenvalue weighted by molar-refractivity contribution is 0.102. The molecule has 1 aliphatic rings. The van der Waals surface area contributed by atoms with E-state index in [-0.39, 0.29) is 35.1 Å². The third-order valence-corrected chi connectivity index (χ3v) is 7.24.